The first-order chi connectivity index (χ1) is 10.6. The van der Waals surface area contributed by atoms with E-state index in [-0.39, 0.29) is 6.03 Å². The highest BCUT2D eigenvalue weighted by atomic mass is 32.2. The predicted octanol–water partition coefficient (Wildman–Crippen LogP) is 5.37. The Bertz CT molecular complexity index is 636. The standard InChI is InChI=1S/C15H14F2N2OS2/c1-21-13-4-2-3-11(9-13)19-15(20)18-10-5-7-12(8-6-10)22-14(16)17/h2-9,14H,1H3,(H2,18,19,20). The molecule has 2 aromatic carbocycles. The molecule has 0 aromatic heterocycles. The molecule has 7 heteroatoms. The van der Waals surface area contributed by atoms with Crippen LogP contribution < -0.4 is 10.6 Å². The van der Waals surface area contributed by atoms with E-state index in [1.807, 2.05) is 24.5 Å². The second-order valence-corrected chi connectivity index (χ2v) is 6.16. The third-order valence-electron chi connectivity index (χ3n) is 2.66. The quantitative estimate of drug-likeness (QED) is 0.719. The van der Waals surface area contributed by atoms with Gasteiger partial charge in [0, 0.05) is 21.2 Å². The molecule has 3 nitrogen and oxygen atoms in total. The van der Waals surface area contributed by atoms with E-state index in [2.05, 4.69) is 10.6 Å². The van der Waals surface area contributed by atoms with Crippen LogP contribution in [0.1, 0.15) is 0 Å². The molecule has 116 valence electrons. The largest absolute Gasteiger partial charge is 0.323 e. The molecule has 0 aliphatic heterocycles. The van der Waals surface area contributed by atoms with Crippen LogP contribution in [0.15, 0.2) is 58.3 Å². The van der Waals surface area contributed by atoms with Gasteiger partial charge >= 0.3 is 6.03 Å². The van der Waals surface area contributed by atoms with Gasteiger partial charge in [-0.1, -0.05) is 17.8 Å². The van der Waals surface area contributed by atoms with Crippen molar-refractivity contribution in [2.24, 2.45) is 0 Å². The number of urea groups is 1. The molecule has 0 aliphatic rings. The normalized spacial score (nSPS) is 10.5. The molecule has 0 aliphatic carbocycles. The smallest absolute Gasteiger partial charge is 0.308 e. The van der Waals surface area contributed by atoms with E-state index in [0.29, 0.717) is 28.0 Å². The molecular formula is C15H14F2N2OS2. The fourth-order valence-corrected chi connectivity index (χ4v) is 2.67. The Hall–Kier alpha value is -1.73. The minimum absolute atomic E-state index is 0.382. The first kappa shape index (κ1) is 16.6. The number of anilines is 2. The molecule has 0 heterocycles. The minimum atomic E-state index is -2.45. The molecular weight excluding hydrogens is 326 g/mol. The van der Waals surface area contributed by atoms with E-state index in [4.69, 9.17) is 0 Å². The summed E-state index contributed by atoms with van der Waals surface area (Å²) in [5.74, 6) is -2.45. The lowest BCUT2D eigenvalue weighted by Gasteiger charge is -2.09. The van der Waals surface area contributed by atoms with Crippen molar-refractivity contribution in [3.05, 3.63) is 48.5 Å². The van der Waals surface area contributed by atoms with Crippen molar-refractivity contribution in [2.45, 2.75) is 15.5 Å². The molecule has 0 bridgehead atoms. The van der Waals surface area contributed by atoms with Gasteiger partial charge in [-0.15, -0.1) is 11.8 Å². The Balaban J connectivity index is 1.93. The molecule has 2 amide bonds. The third kappa shape index (κ3) is 5.23. The number of amides is 2. The molecule has 0 fully saturated rings. The number of nitrogens with one attached hydrogen (secondary N) is 2. The third-order valence-corrected chi connectivity index (χ3v) is 4.11. The summed E-state index contributed by atoms with van der Waals surface area (Å²) in [7, 11) is 0. The summed E-state index contributed by atoms with van der Waals surface area (Å²) in [6, 6.07) is 13.3. The SMILES string of the molecule is CSc1cccc(NC(=O)Nc2ccc(SC(F)F)cc2)c1. The second-order valence-electron chi connectivity index (χ2n) is 4.21. The average Bonchev–Trinajstić information content (AvgIpc) is 2.49. The summed E-state index contributed by atoms with van der Waals surface area (Å²) in [5.41, 5.74) is 1.23. The highest BCUT2D eigenvalue weighted by Gasteiger charge is 2.06. The Morgan fingerprint density at radius 2 is 1.68 bits per heavy atom. The Morgan fingerprint density at radius 1 is 1.00 bits per heavy atom. The van der Waals surface area contributed by atoms with Crippen molar-refractivity contribution in [2.75, 3.05) is 16.9 Å². The average molecular weight is 340 g/mol. The highest BCUT2D eigenvalue weighted by molar-refractivity contribution is 7.99. The van der Waals surface area contributed by atoms with Crippen molar-refractivity contribution in [1.29, 1.82) is 0 Å². The van der Waals surface area contributed by atoms with Gasteiger partial charge in [-0.3, -0.25) is 0 Å². The maximum Gasteiger partial charge on any atom is 0.323 e. The monoisotopic (exact) mass is 340 g/mol. The predicted molar refractivity (Wildman–Crippen MR) is 89.2 cm³/mol. The van der Waals surface area contributed by atoms with Gasteiger partial charge in [0.1, 0.15) is 0 Å². The Morgan fingerprint density at radius 3 is 2.32 bits per heavy atom. The zero-order valence-electron chi connectivity index (χ0n) is 11.7. The number of carbonyl (C=O) groups excluding carboxylic acids is 1. The summed E-state index contributed by atoms with van der Waals surface area (Å²) >= 11 is 2.05. The van der Waals surface area contributed by atoms with Crippen molar-refractivity contribution in [3.8, 4) is 0 Å². The van der Waals surface area contributed by atoms with Crippen LogP contribution >= 0.6 is 23.5 Å². The molecule has 2 rings (SSSR count). The van der Waals surface area contributed by atoms with E-state index >= 15 is 0 Å². The fraction of sp³-hybridized carbons (Fsp3) is 0.133. The number of hydrogen-bond acceptors (Lipinski definition) is 3. The van der Waals surface area contributed by atoms with E-state index in [1.54, 1.807) is 42.1 Å². The summed E-state index contributed by atoms with van der Waals surface area (Å²) in [6.45, 7) is 0. The topological polar surface area (TPSA) is 41.1 Å². The van der Waals surface area contributed by atoms with Gasteiger partial charge in [0.05, 0.1) is 0 Å². The summed E-state index contributed by atoms with van der Waals surface area (Å²) in [6.07, 6.45) is 1.96. The van der Waals surface area contributed by atoms with Crippen molar-refractivity contribution >= 4 is 40.9 Å². The van der Waals surface area contributed by atoms with Gasteiger partial charge in [-0.05, 0) is 48.7 Å². The molecule has 22 heavy (non-hydrogen) atoms. The van der Waals surface area contributed by atoms with Gasteiger partial charge in [0.25, 0.3) is 5.76 Å². The second kappa shape index (κ2) is 8.05. The van der Waals surface area contributed by atoms with Gasteiger partial charge in [-0.2, -0.15) is 8.78 Å². The van der Waals surface area contributed by atoms with Gasteiger partial charge in [0.15, 0.2) is 0 Å². The summed E-state index contributed by atoms with van der Waals surface area (Å²) in [5, 5.41) is 5.38. The number of carbonyl (C=O) groups is 1. The molecule has 0 atom stereocenters. The summed E-state index contributed by atoms with van der Waals surface area (Å²) in [4.78, 5) is 13.4. The highest BCUT2D eigenvalue weighted by Crippen LogP contribution is 2.26. The van der Waals surface area contributed by atoms with E-state index < -0.39 is 5.76 Å². The van der Waals surface area contributed by atoms with Crippen LogP contribution in [0.3, 0.4) is 0 Å². The summed E-state index contributed by atoms with van der Waals surface area (Å²) < 4.78 is 24.4. The van der Waals surface area contributed by atoms with Crippen LogP contribution in [0.4, 0.5) is 25.0 Å². The Kier molecular flexibility index (Phi) is 6.09. The zero-order chi connectivity index (χ0) is 15.9. The fourth-order valence-electron chi connectivity index (χ4n) is 1.71. The minimum Gasteiger partial charge on any atom is -0.308 e. The number of benzene rings is 2. The number of hydrogen-bond donors (Lipinski definition) is 2. The molecule has 2 N–H and O–H groups in total. The lowest BCUT2D eigenvalue weighted by Crippen LogP contribution is -2.19. The van der Waals surface area contributed by atoms with Gasteiger partial charge < -0.3 is 10.6 Å². The maximum atomic E-state index is 12.2. The zero-order valence-corrected chi connectivity index (χ0v) is 13.3. The first-order valence-corrected chi connectivity index (χ1v) is 8.44. The van der Waals surface area contributed by atoms with Crippen molar-refractivity contribution in [1.82, 2.24) is 0 Å². The molecule has 0 radical (unpaired) electrons. The van der Waals surface area contributed by atoms with Crippen LogP contribution in [-0.2, 0) is 0 Å². The first-order valence-electron chi connectivity index (χ1n) is 6.34. The number of thioether (sulfide) groups is 2. The van der Waals surface area contributed by atoms with Crippen LogP contribution in [0.2, 0.25) is 0 Å². The van der Waals surface area contributed by atoms with Crippen LogP contribution in [0.25, 0.3) is 0 Å². The van der Waals surface area contributed by atoms with E-state index in [9.17, 15) is 13.6 Å². The lowest BCUT2D eigenvalue weighted by atomic mass is 10.3. The number of halogens is 2. The van der Waals surface area contributed by atoms with E-state index in [0.717, 1.165) is 4.90 Å². The van der Waals surface area contributed by atoms with Crippen LogP contribution in [0.5, 0.6) is 0 Å². The molecule has 0 unspecified atom stereocenters. The van der Waals surface area contributed by atoms with E-state index in [1.165, 1.54) is 0 Å². The van der Waals surface area contributed by atoms with Crippen molar-refractivity contribution < 1.29 is 13.6 Å². The number of rotatable bonds is 5. The van der Waals surface area contributed by atoms with Crippen LogP contribution in [0, 0.1) is 0 Å². The maximum absolute atomic E-state index is 12.2. The molecule has 0 spiro atoms. The lowest BCUT2D eigenvalue weighted by molar-refractivity contribution is 0.252. The van der Waals surface area contributed by atoms with Crippen LogP contribution in [-0.4, -0.2) is 18.0 Å². The molecule has 0 saturated heterocycles. The Labute approximate surface area is 135 Å². The molecule has 2 aromatic rings. The van der Waals surface area contributed by atoms with Crippen molar-refractivity contribution in [3.63, 3.8) is 0 Å². The van der Waals surface area contributed by atoms with Gasteiger partial charge in [-0.25, -0.2) is 4.79 Å². The van der Waals surface area contributed by atoms with Gasteiger partial charge in [0.2, 0.25) is 0 Å². The molecule has 0 saturated carbocycles. The number of alkyl halides is 2.